The van der Waals surface area contributed by atoms with Gasteiger partial charge >= 0.3 is 0 Å². The van der Waals surface area contributed by atoms with Crippen molar-refractivity contribution in [2.75, 3.05) is 6.54 Å². The molecule has 0 fully saturated rings. The van der Waals surface area contributed by atoms with E-state index < -0.39 is 16.1 Å². The fourth-order valence-corrected chi connectivity index (χ4v) is 4.26. The van der Waals surface area contributed by atoms with Gasteiger partial charge in [-0.25, -0.2) is 13.1 Å². The van der Waals surface area contributed by atoms with Crippen LogP contribution in [0, 0.1) is 0 Å². The summed E-state index contributed by atoms with van der Waals surface area (Å²) in [6.45, 7) is -0.0552. The number of hydrogen-bond acceptors (Lipinski definition) is 4. The molecule has 0 radical (unpaired) electrons. The van der Waals surface area contributed by atoms with E-state index in [1.165, 1.54) is 17.4 Å². The Labute approximate surface area is 124 Å². The van der Waals surface area contributed by atoms with Gasteiger partial charge < -0.3 is 5.11 Å². The fourth-order valence-electron chi connectivity index (χ4n) is 1.51. The molecule has 0 aliphatic rings. The van der Waals surface area contributed by atoms with Gasteiger partial charge in [0.05, 0.1) is 11.0 Å². The first kappa shape index (κ1) is 14.7. The first-order valence-electron chi connectivity index (χ1n) is 5.45. The molecule has 1 atom stereocenters. The zero-order chi connectivity index (χ0) is 13.9. The van der Waals surface area contributed by atoms with Gasteiger partial charge in [-0.15, -0.1) is 0 Å². The van der Waals surface area contributed by atoms with Crippen molar-refractivity contribution < 1.29 is 13.5 Å². The Morgan fingerprint density at radius 3 is 2.68 bits per heavy atom. The Kier molecular flexibility index (Phi) is 4.75. The second kappa shape index (κ2) is 6.15. The smallest absolute Gasteiger partial charge is 0.241 e. The van der Waals surface area contributed by atoms with Gasteiger partial charge in [0.25, 0.3) is 0 Å². The van der Waals surface area contributed by atoms with Crippen LogP contribution in [-0.4, -0.2) is 20.1 Å². The Balaban J connectivity index is 2.09. The van der Waals surface area contributed by atoms with Gasteiger partial charge in [0.2, 0.25) is 10.0 Å². The predicted molar refractivity (Wildman–Crippen MR) is 78.6 cm³/mol. The van der Waals surface area contributed by atoms with Crippen LogP contribution in [0.2, 0.25) is 0 Å². The molecule has 19 heavy (non-hydrogen) atoms. The molecule has 0 aliphatic heterocycles. The summed E-state index contributed by atoms with van der Waals surface area (Å²) in [6.07, 6.45) is -0.844. The lowest BCUT2D eigenvalue weighted by atomic mass is 10.2. The number of rotatable bonds is 5. The molecule has 0 bridgehead atoms. The van der Waals surface area contributed by atoms with E-state index in [9.17, 15) is 13.5 Å². The van der Waals surface area contributed by atoms with Crippen LogP contribution < -0.4 is 4.72 Å². The number of thiophene rings is 1. The van der Waals surface area contributed by atoms with Gasteiger partial charge in [0.15, 0.2) is 0 Å². The summed E-state index contributed by atoms with van der Waals surface area (Å²) < 4.78 is 27.0. The number of hydrogen-bond donors (Lipinski definition) is 2. The van der Waals surface area contributed by atoms with Gasteiger partial charge in [0, 0.05) is 11.0 Å². The minimum atomic E-state index is -3.63. The monoisotopic (exact) mass is 361 g/mol. The maximum atomic E-state index is 12.1. The highest BCUT2D eigenvalue weighted by molar-refractivity contribution is 9.10. The minimum Gasteiger partial charge on any atom is -0.387 e. The lowest BCUT2D eigenvalue weighted by molar-refractivity contribution is 0.182. The average Bonchev–Trinajstić information content (AvgIpc) is 2.90. The molecule has 1 unspecified atom stereocenters. The number of aliphatic hydroxyl groups is 1. The number of aliphatic hydroxyl groups excluding tert-OH is 1. The first-order valence-corrected chi connectivity index (χ1v) is 8.67. The van der Waals surface area contributed by atoms with E-state index in [2.05, 4.69) is 20.7 Å². The van der Waals surface area contributed by atoms with Crippen molar-refractivity contribution in [1.29, 1.82) is 0 Å². The van der Waals surface area contributed by atoms with Crippen molar-refractivity contribution in [3.8, 4) is 0 Å². The fraction of sp³-hybridized carbons (Fsp3) is 0.167. The molecule has 2 aromatic rings. The maximum Gasteiger partial charge on any atom is 0.241 e. The molecule has 0 saturated carbocycles. The molecule has 7 heteroatoms. The van der Waals surface area contributed by atoms with Crippen molar-refractivity contribution in [2.45, 2.75) is 11.0 Å². The van der Waals surface area contributed by atoms with Crippen LogP contribution in [0.3, 0.4) is 0 Å². The van der Waals surface area contributed by atoms with Crippen molar-refractivity contribution in [1.82, 2.24) is 4.72 Å². The zero-order valence-electron chi connectivity index (χ0n) is 9.78. The SMILES string of the molecule is O=S(=O)(NCC(O)c1ccsc1)c1ccccc1Br. The van der Waals surface area contributed by atoms with Crippen molar-refractivity contribution in [3.63, 3.8) is 0 Å². The number of benzene rings is 1. The van der Waals surface area contributed by atoms with Crippen LogP contribution >= 0.6 is 27.3 Å². The molecule has 102 valence electrons. The summed E-state index contributed by atoms with van der Waals surface area (Å²) in [4.78, 5) is 0.160. The first-order chi connectivity index (χ1) is 9.00. The Bertz CT molecular complexity index is 641. The summed E-state index contributed by atoms with van der Waals surface area (Å²) in [5, 5.41) is 13.5. The molecule has 2 N–H and O–H groups in total. The molecule has 1 heterocycles. The normalized spacial score (nSPS) is 13.4. The molecule has 0 spiro atoms. The molecular weight excluding hydrogens is 350 g/mol. The quantitative estimate of drug-likeness (QED) is 0.859. The third kappa shape index (κ3) is 3.64. The Hall–Kier alpha value is -0.730. The summed E-state index contributed by atoms with van der Waals surface area (Å²) in [6, 6.07) is 8.31. The van der Waals surface area contributed by atoms with Crippen molar-refractivity contribution >= 4 is 37.3 Å². The molecule has 2 rings (SSSR count). The third-order valence-corrected chi connectivity index (χ3v) is 5.66. The topological polar surface area (TPSA) is 66.4 Å². The highest BCUT2D eigenvalue weighted by Crippen LogP contribution is 2.21. The molecule has 0 saturated heterocycles. The van der Waals surface area contributed by atoms with Gasteiger partial charge in [-0.3, -0.25) is 0 Å². The van der Waals surface area contributed by atoms with Crippen molar-refractivity contribution in [3.05, 3.63) is 51.1 Å². The van der Waals surface area contributed by atoms with Gasteiger partial charge in [-0.05, 0) is 50.5 Å². The summed E-state index contributed by atoms with van der Waals surface area (Å²) in [5.41, 5.74) is 0.708. The minimum absolute atomic E-state index is 0.0552. The van der Waals surface area contributed by atoms with Crippen LogP contribution in [0.25, 0.3) is 0 Å². The number of halogens is 1. The number of nitrogens with one attached hydrogen (secondary N) is 1. The van der Waals surface area contributed by atoms with Gasteiger partial charge in [-0.1, -0.05) is 12.1 Å². The maximum absolute atomic E-state index is 12.1. The highest BCUT2D eigenvalue weighted by Gasteiger charge is 2.18. The second-order valence-electron chi connectivity index (χ2n) is 3.85. The molecule has 0 amide bonds. The summed E-state index contributed by atoms with van der Waals surface area (Å²) >= 11 is 4.65. The number of sulfonamides is 1. The predicted octanol–water partition coefficient (Wildman–Crippen LogP) is 2.52. The van der Waals surface area contributed by atoms with E-state index in [4.69, 9.17) is 0 Å². The Morgan fingerprint density at radius 1 is 1.32 bits per heavy atom. The van der Waals surface area contributed by atoms with Crippen LogP contribution in [0.15, 0.2) is 50.5 Å². The highest BCUT2D eigenvalue weighted by atomic mass is 79.9. The molecule has 1 aromatic carbocycles. The standard InChI is InChI=1S/C12H12BrNO3S2/c13-10-3-1-2-4-12(10)19(16,17)14-7-11(15)9-5-6-18-8-9/h1-6,8,11,14-15H,7H2. The lowest BCUT2D eigenvalue weighted by Gasteiger charge is -2.12. The molecule has 0 aliphatic carbocycles. The molecular formula is C12H12BrNO3S2. The zero-order valence-corrected chi connectivity index (χ0v) is 13.0. The van der Waals surface area contributed by atoms with Gasteiger partial charge in [0.1, 0.15) is 0 Å². The molecule has 4 nitrogen and oxygen atoms in total. The average molecular weight is 362 g/mol. The van der Waals surface area contributed by atoms with E-state index in [1.54, 1.807) is 29.6 Å². The molecule has 1 aromatic heterocycles. The lowest BCUT2D eigenvalue weighted by Crippen LogP contribution is -2.28. The van der Waals surface area contributed by atoms with Crippen LogP contribution in [-0.2, 0) is 10.0 Å². The van der Waals surface area contributed by atoms with E-state index in [0.29, 0.717) is 10.0 Å². The van der Waals surface area contributed by atoms with E-state index in [-0.39, 0.29) is 11.4 Å². The van der Waals surface area contributed by atoms with Crippen LogP contribution in [0.1, 0.15) is 11.7 Å². The Morgan fingerprint density at radius 2 is 2.05 bits per heavy atom. The van der Waals surface area contributed by atoms with Crippen LogP contribution in [0.5, 0.6) is 0 Å². The van der Waals surface area contributed by atoms with Gasteiger partial charge in [-0.2, -0.15) is 11.3 Å². The van der Waals surface area contributed by atoms with E-state index in [0.717, 1.165) is 0 Å². The largest absolute Gasteiger partial charge is 0.387 e. The van der Waals surface area contributed by atoms with Crippen LogP contribution in [0.4, 0.5) is 0 Å². The summed E-state index contributed by atoms with van der Waals surface area (Å²) in [5.74, 6) is 0. The summed E-state index contributed by atoms with van der Waals surface area (Å²) in [7, 11) is -3.63. The van der Waals surface area contributed by atoms with Crippen molar-refractivity contribution in [2.24, 2.45) is 0 Å². The van der Waals surface area contributed by atoms with E-state index in [1.807, 2.05) is 5.38 Å². The van der Waals surface area contributed by atoms with E-state index >= 15 is 0 Å². The second-order valence-corrected chi connectivity index (χ2v) is 7.22. The third-order valence-electron chi connectivity index (χ3n) is 2.52.